The minimum absolute atomic E-state index is 0.200. The third-order valence-corrected chi connectivity index (χ3v) is 5.04. The zero-order valence-electron chi connectivity index (χ0n) is 14.6. The van der Waals surface area contributed by atoms with Gasteiger partial charge in [-0.1, -0.05) is 11.8 Å². The minimum Gasteiger partial charge on any atom is -0.379 e. The molecule has 0 aliphatic carbocycles. The van der Waals surface area contributed by atoms with Crippen molar-refractivity contribution in [2.75, 3.05) is 11.1 Å². The molecule has 3 heterocycles. The Morgan fingerprint density at radius 2 is 2.24 bits per heavy atom. The highest BCUT2D eigenvalue weighted by Crippen LogP contribution is 2.35. The molecule has 0 bridgehead atoms. The number of hydrogen-bond donors (Lipinski definition) is 2. The van der Waals surface area contributed by atoms with E-state index in [0.717, 1.165) is 23.4 Å². The number of carbonyl (C=O) groups is 1. The fraction of sp³-hybridized carbons (Fsp3) is 0.412. The van der Waals surface area contributed by atoms with E-state index in [4.69, 9.17) is 5.73 Å². The van der Waals surface area contributed by atoms with Crippen LogP contribution in [-0.4, -0.2) is 31.6 Å². The minimum atomic E-state index is -0.412. The van der Waals surface area contributed by atoms with Gasteiger partial charge in [0.1, 0.15) is 5.69 Å². The Kier molecular flexibility index (Phi) is 4.80. The Bertz CT molecular complexity index is 830. The van der Waals surface area contributed by atoms with Crippen molar-refractivity contribution < 1.29 is 4.79 Å². The van der Waals surface area contributed by atoms with E-state index in [-0.39, 0.29) is 5.91 Å². The second-order valence-corrected chi connectivity index (χ2v) is 7.34. The number of nitrogens with zero attached hydrogens (tertiary/aromatic N) is 4. The molecule has 2 aromatic rings. The number of carbonyl (C=O) groups excluding carboxylic acids is 1. The van der Waals surface area contributed by atoms with Gasteiger partial charge in [-0.25, -0.2) is 0 Å². The smallest absolute Gasteiger partial charge is 0.273 e. The Morgan fingerprint density at radius 3 is 2.96 bits per heavy atom. The van der Waals surface area contributed by atoms with E-state index in [1.807, 2.05) is 26.8 Å². The summed E-state index contributed by atoms with van der Waals surface area (Å²) in [6.07, 6.45) is 4.29. The highest BCUT2D eigenvalue weighted by molar-refractivity contribution is 8.13. The Labute approximate surface area is 151 Å². The Balaban J connectivity index is 1.85. The number of hydrogen-bond acceptors (Lipinski definition) is 6. The number of aryl methyl sites for hydroxylation is 2. The lowest BCUT2D eigenvalue weighted by atomic mass is 9.91. The number of amides is 1. The first-order valence-corrected chi connectivity index (χ1v) is 9.19. The molecule has 1 aliphatic rings. The molecular weight excluding hydrogens is 336 g/mol. The van der Waals surface area contributed by atoms with Crippen LogP contribution in [0.3, 0.4) is 0 Å². The van der Waals surface area contributed by atoms with E-state index >= 15 is 0 Å². The zero-order chi connectivity index (χ0) is 18.0. The van der Waals surface area contributed by atoms with E-state index in [1.54, 1.807) is 34.9 Å². The third-order valence-electron chi connectivity index (χ3n) is 4.25. The summed E-state index contributed by atoms with van der Waals surface area (Å²) in [5.74, 6) is 0.714. The summed E-state index contributed by atoms with van der Waals surface area (Å²) in [5.41, 5.74) is 8.40. The lowest BCUT2D eigenvalue weighted by Gasteiger charge is -2.29. The van der Waals surface area contributed by atoms with Crippen LogP contribution in [0.4, 0.5) is 5.69 Å². The molecule has 1 atom stereocenters. The lowest BCUT2D eigenvalue weighted by molar-refractivity contribution is 0.101. The number of anilines is 1. The summed E-state index contributed by atoms with van der Waals surface area (Å²) in [6, 6.07) is 3.69. The maximum atomic E-state index is 12.6. The van der Waals surface area contributed by atoms with Crippen LogP contribution >= 0.6 is 11.8 Å². The molecule has 1 aliphatic heterocycles. The van der Waals surface area contributed by atoms with Gasteiger partial charge in [-0.2, -0.15) is 5.10 Å². The third kappa shape index (κ3) is 3.68. The molecule has 2 aromatic heterocycles. The van der Waals surface area contributed by atoms with E-state index < -0.39 is 5.54 Å². The van der Waals surface area contributed by atoms with Gasteiger partial charge in [0.05, 0.1) is 23.1 Å². The van der Waals surface area contributed by atoms with Crippen molar-refractivity contribution in [1.82, 2.24) is 14.8 Å². The van der Waals surface area contributed by atoms with Crippen molar-refractivity contribution >= 4 is 28.5 Å². The molecule has 8 heteroatoms. The number of nitrogens with one attached hydrogen (secondary N) is 1. The molecule has 0 saturated carbocycles. The van der Waals surface area contributed by atoms with Crippen molar-refractivity contribution in [2.45, 2.75) is 39.3 Å². The van der Waals surface area contributed by atoms with Crippen LogP contribution < -0.4 is 11.1 Å². The van der Waals surface area contributed by atoms with Crippen LogP contribution in [0.15, 0.2) is 29.5 Å². The van der Waals surface area contributed by atoms with Gasteiger partial charge in [0.25, 0.3) is 5.91 Å². The van der Waals surface area contributed by atoms with Crippen LogP contribution in [0.5, 0.6) is 0 Å². The largest absolute Gasteiger partial charge is 0.379 e. The molecular formula is C17H22N6OS. The van der Waals surface area contributed by atoms with Crippen LogP contribution in [0, 0.1) is 6.92 Å². The summed E-state index contributed by atoms with van der Waals surface area (Å²) >= 11 is 1.56. The highest BCUT2D eigenvalue weighted by Gasteiger charge is 2.30. The van der Waals surface area contributed by atoms with E-state index in [0.29, 0.717) is 23.1 Å². The van der Waals surface area contributed by atoms with Crippen LogP contribution in [0.2, 0.25) is 0 Å². The van der Waals surface area contributed by atoms with Crippen LogP contribution in [-0.2, 0) is 12.1 Å². The van der Waals surface area contributed by atoms with Crippen molar-refractivity contribution in [2.24, 2.45) is 10.7 Å². The standard InChI is InChI=1S/C17H22N6OS/c1-4-23-14(7-11(2)22-23)15(24)20-13-8-12(9-19-10-13)17(3)5-6-25-16(18)21-17/h7-10H,4-6H2,1-3H3,(H2,18,21)(H,20,24)/t17-/m0/s1. The van der Waals surface area contributed by atoms with Crippen LogP contribution in [0.25, 0.3) is 0 Å². The first-order chi connectivity index (χ1) is 11.9. The summed E-state index contributed by atoms with van der Waals surface area (Å²) in [6.45, 7) is 6.50. The van der Waals surface area contributed by atoms with Crippen molar-refractivity contribution in [3.8, 4) is 0 Å². The first-order valence-electron chi connectivity index (χ1n) is 8.21. The number of rotatable bonds is 4. The van der Waals surface area contributed by atoms with Gasteiger partial charge < -0.3 is 11.1 Å². The fourth-order valence-corrected chi connectivity index (χ4v) is 3.84. The number of pyridine rings is 1. The van der Waals surface area contributed by atoms with Crippen molar-refractivity contribution in [1.29, 1.82) is 0 Å². The number of amidine groups is 1. The second kappa shape index (κ2) is 6.87. The SMILES string of the molecule is CCn1nc(C)cc1C(=O)Nc1cncc([C@]2(C)CCSC(N)=N2)c1. The zero-order valence-corrected chi connectivity index (χ0v) is 15.4. The van der Waals surface area contributed by atoms with Gasteiger partial charge in [0.15, 0.2) is 5.17 Å². The van der Waals surface area contributed by atoms with Gasteiger partial charge in [0, 0.05) is 18.5 Å². The van der Waals surface area contributed by atoms with Gasteiger partial charge in [0.2, 0.25) is 0 Å². The number of aromatic nitrogens is 3. The molecule has 0 aromatic carbocycles. The molecule has 0 saturated heterocycles. The highest BCUT2D eigenvalue weighted by atomic mass is 32.2. The first kappa shape index (κ1) is 17.5. The quantitative estimate of drug-likeness (QED) is 0.875. The molecule has 0 spiro atoms. The number of nitrogens with two attached hydrogens (primary N) is 1. The van der Waals surface area contributed by atoms with Gasteiger partial charge >= 0.3 is 0 Å². The lowest BCUT2D eigenvalue weighted by Crippen LogP contribution is -2.29. The molecule has 0 radical (unpaired) electrons. The second-order valence-electron chi connectivity index (χ2n) is 6.23. The molecule has 3 rings (SSSR count). The van der Waals surface area contributed by atoms with Crippen molar-refractivity contribution in [3.63, 3.8) is 0 Å². The topological polar surface area (TPSA) is 98.2 Å². The normalized spacial score (nSPS) is 20.2. The molecule has 25 heavy (non-hydrogen) atoms. The molecule has 1 amide bonds. The number of aliphatic imine (C=N–C) groups is 1. The molecule has 132 valence electrons. The summed E-state index contributed by atoms with van der Waals surface area (Å²) in [5, 5.41) is 7.80. The Morgan fingerprint density at radius 1 is 1.44 bits per heavy atom. The fourth-order valence-electron chi connectivity index (χ4n) is 2.86. The van der Waals surface area contributed by atoms with Gasteiger partial charge in [-0.05, 0) is 44.9 Å². The predicted octanol–water partition coefficient (Wildman–Crippen LogP) is 2.53. The van der Waals surface area contributed by atoms with Crippen molar-refractivity contribution in [3.05, 3.63) is 41.5 Å². The summed E-state index contributed by atoms with van der Waals surface area (Å²) in [4.78, 5) is 21.4. The Hall–Kier alpha value is -2.35. The molecule has 3 N–H and O–H groups in total. The maximum Gasteiger partial charge on any atom is 0.273 e. The van der Waals surface area contributed by atoms with Gasteiger partial charge in [-0.15, -0.1) is 0 Å². The summed E-state index contributed by atoms with van der Waals surface area (Å²) in [7, 11) is 0. The van der Waals surface area contributed by atoms with Crippen LogP contribution in [0.1, 0.15) is 42.0 Å². The maximum absolute atomic E-state index is 12.6. The predicted molar refractivity (Wildman–Crippen MR) is 101 cm³/mol. The molecule has 0 fully saturated rings. The van der Waals surface area contributed by atoms with E-state index in [2.05, 4.69) is 20.4 Å². The molecule has 0 unspecified atom stereocenters. The number of thioether (sulfide) groups is 1. The van der Waals surface area contributed by atoms with Gasteiger partial charge in [-0.3, -0.25) is 19.5 Å². The summed E-state index contributed by atoms with van der Waals surface area (Å²) < 4.78 is 1.69. The average molecular weight is 358 g/mol. The van der Waals surface area contributed by atoms with E-state index in [1.165, 1.54) is 0 Å². The monoisotopic (exact) mass is 358 g/mol. The molecule has 7 nitrogen and oxygen atoms in total. The average Bonchev–Trinajstić information content (AvgIpc) is 2.96. The van der Waals surface area contributed by atoms with E-state index in [9.17, 15) is 4.79 Å².